The van der Waals surface area contributed by atoms with Crippen LogP contribution in [0.1, 0.15) is 36.0 Å². The Bertz CT molecular complexity index is 757. The van der Waals surface area contributed by atoms with E-state index < -0.39 is 6.10 Å². The summed E-state index contributed by atoms with van der Waals surface area (Å²) in [5, 5.41) is 13.9. The molecule has 2 aromatic rings. The second kappa shape index (κ2) is 11.9. The summed E-state index contributed by atoms with van der Waals surface area (Å²) in [6.07, 6.45) is 4.25. The fourth-order valence-corrected chi connectivity index (χ4v) is 3.84. The molecular weight excluding hydrogens is 376 g/mol. The topological polar surface area (TPSA) is 54.0 Å². The number of rotatable bonds is 11. The van der Waals surface area contributed by atoms with Gasteiger partial charge in [0.25, 0.3) is 0 Å². The average molecular weight is 413 g/mol. The normalized spacial score (nSPS) is 15.7. The lowest BCUT2D eigenvalue weighted by Crippen LogP contribution is -2.38. The quantitative estimate of drug-likeness (QED) is 0.553. The number of likely N-dealkylation sites (tertiary alicyclic amines) is 1. The highest BCUT2D eigenvalue weighted by atomic mass is 16.5. The molecule has 1 saturated heterocycles. The molecule has 5 heteroatoms. The van der Waals surface area contributed by atoms with Crippen LogP contribution in [0.3, 0.4) is 0 Å². The van der Waals surface area contributed by atoms with Crippen molar-refractivity contribution in [3.8, 4) is 11.5 Å². The lowest BCUT2D eigenvalue weighted by atomic mass is 10.1. The highest BCUT2D eigenvalue weighted by molar-refractivity contribution is 5.43. The van der Waals surface area contributed by atoms with Crippen molar-refractivity contribution in [2.75, 3.05) is 39.9 Å². The maximum Gasteiger partial charge on any atom is 0.161 e. The Hall–Kier alpha value is -2.08. The van der Waals surface area contributed by atoms with Crippen molar-refractivity contribution in [2.45, 2.75) is 45.3 Å². The molecule has 164 valence electrons. The fourth-order valence-electron chi connectivity index (χ4n) is 3.84. The van der Waals surface area contributed by atoms with Crippen LogP contribution in [0, 0.1) is 6.92 Å². The first-order valence-electron chi connectivity index (χ1n) is 11.1. The molecule has 30 heavy (non-hydrogen) atoms. The molecule has 0 radical (unpaired) electrons. The minimum atomic E-state index is -0.496. The summed E-state index contributed by atoms with van der Waals surface area (Å²) in [5.41, 5.74) is 3.77. The van der Waals surface area contributed by atoms with Gasteiger partial charge in [-0.2, -0.15) is 0 Å². The van der Waals surface area contributed by atoms with E-state index in [9.17, 15) is 5.11 Å². The number of methoxy groups -OCH3 is 1. The molecular formula is C25H36N2O3. The SMILES string of the molecule is COc1ccc(CNCCc2ccc(C)cc2)cc1OCC(O)CN1CCCCC1. The Morgan fingerprint density at radius 1 is 1.00 bits per heavy atom. The van der Waals surface area contributed by atoms with E-state index in [-0.39, 0.29) is 6.61 Å². The van der Waals surface area contributed by atoms with E-state index in [1.54, 1.807) is 7.11 Å². The van der Waals surface area contributed by atoms with Gasteiger partial charge in [0.2, 0.25) is 0 Å². The Kier molecular flexibility index (Phi) is 9.00. The largest absolute Gasteiger partial charge is 0.493 e. The van der Waals surface area contributed by atoms with Crippen molar-refractivity contribution in [2.24, 2.45) is 0 Å². The van der Waals surface area contributed by atoms with Crippen molar-refractivity contribution >= 4 is 0 Å². The summed E-state index contributed by atoms with van der Waals surface area (Å²) in [6, 6.07) is 14.7. The maximum atomic E-state index is 10.4. The number of benzene rings is 2. The van der Waals surface area contributed by atoms with Crippen LogP contribution in [0.5, 0.6) is 11.5 Å². The molecule has 2 N–H and O–H groups in total. The number of piperidine rings is 1. The van der Waals surface area contributed by atoms with Gasteiger partial charge in [-0.1, -0.05) is 42.3 Å². The van der Waals surface area contributed by atoms with E-state index in [1.165, 1.54) is 30.4 Å². The van der Waals surface area contributed by atoms with Gasteiger partial charge in [0, 0.05) is 13.1 Å². The first kappa shape index (κ1) is 22.6. The minimum Gasteiger partial charge on any atom is -0.493 e. The van der Waals surface area contributed by atoms with Crippen LogP contribution in [-0.2, 0) is 13.0 Å². The van der Waals surface area contributed by atoms with Crippen molar-refractivity contribution in [1.29, 1.82) is 0 Å². The van der Waals surface area contributed by atoms with Crippen molar-refractivity contribution in [1.82, 2.24) is 10.2 Å². The third-order valence-electron chi connectivity index (χ3n) is 5.62. The van der Waals surface area contributed by atoms with Gasteiger partial charge in [-0.05, 0) is 69.1 Å². The van der Waals surface area contributed by atoms with Crippen LogP contribution in [0.25, 0.3) is 0 Å². The molecule has 1 heterocycles. The zero-order chi connectivity index (χ0) is 21.2. The lowest BCUT2D eigenvalue weighted by Gasteiger charge is -2.28. The number of nitrogens with zero attached hydrogens (tertiary/aromatic N) is 1. The molecule has 1 fully saturated rings. The summed E-state index contributed by atoms with van der Waals surface area (Å²) >= 11 is 0. The molecule has 0 spiro atoms. The summed E-state index contributed by atoms with van der Waals surface area (Å²) in [4.78, 5) is 2.32. The highest BCUT2D eigenvalue weighted by Gasteiger charge is 2.16. The predicted octanol–water partition coefficient (Wildman–Crippen LogP) is 3.56. The first-order chi connectivity index (χ1) is 14.6. The predicted molar refractivity (Wildman–Crippen MR) is 121 cm³/mol. The molecule has 1 unspecified atom stereocenters. The van der Waals surface area contributed by atoms with E-state index in [0.29, 0.717) is 18.0 Å². The van der Waals surface area contributed by atoms with Gasteiger partial charge in [-0.3, -0.25) is 0 Å². The number of hydrogen-bond donors (Lipinski definition) is 2. The molecule has 0 aromatic heterocycles. The van der Waals surface area contributed by atoms with Gasteiger partial charge in [-0.15, -0.1) is 0 Å². The standard InChI is InChI=1S/C25H36N2O3/c1-20-6-8-21(9-7-20)12-13-26-17-22-10-11-24(29-2)25(16-22)30-19-23(28)18-27-14-4-3-5-15-27/h6-11,16,23,26,28H,3-5,12-15,17-19H2,1-2H3. The lowest BCUT2D eigenvalue weighted by molar-refractivity contribution is 0.0608. The first-order valence-corrected chi connectivity index (χ1v) is 11.1. The fraction of sp³-hybridized carbons (Fsp3) is 0.520. The van der Waals surface area contributed by atoms with Gasteiger partial charge in [-0.25, -0.2) is 0 Å². The summed E-state index contributed by atoms with van der Waals surface area (Å²) in [6.45, 7) is 6.88. The summed E-state index contributed by atoms with van der Waals surface area (Å²) in [7, 11) is 1.64. The monoisotopic (exact) mass is 412 g/mol. The number of nitrogens with one attached hydrogen (secondary N) is 1. The molecule has 2 aromatic carbocycles. The third-order valence-corrected chi connectivity index (χ3v) is 5.62. The molecule has 0 amide bonds. The van der Waals surface area contributed by atoms with E-state index in [4.69, 9.17) is 9.47 Å². The van der Waals surface area contributed by atoms with Gasteiger partial charge < -0.3 is 24.8 Å². The van der Waals surface area contributed by atoms with Crippen molar-refractivity contribution < 1.29 is 14.6 Å². The zero-order valence-corrected chi connectivity index (χ0v) is 18.4. The van der Waals surface area contributed by atoms with E-state index in [1.807, 2.05) is 12.1 Å². The van der Waals surface area contributed by atoms with E-state index >= 15 is 0 Å². The molecule has 0 bridgehead atoms. The average Bonchev–Trinajstić information content (AvgIpc) is 2.77. The van der Waals surface area contributed by atoms with Crippen molar-refractivity contribution in [3.05, 3.63) is 59.2 Å². The highest BCUT2D eigenvalue weighted by Crippen LogP contribution is 2.28. The Balaban J connectivity index is 1.45. The Labute approximate surface area is 181 Å². The van der Waals surface area contributed by atoms with Gasteiger partial charge in [0.15, 0.2) is 11.5 Å². The molecule has 1 aliphatic heterocycles. The van der Waals surface area contributed by atoms with E-state index in [0.717, 1.165) is 38.2 Å². The third kappa shape index (κ3) is 7.31. The maximum absolute atomic E-state index is 10.4. The zero-order valence-electron chi connectivity index (χ0n) is 18.4. The minimum absolute atomic E-state index is 0.275. The number of ether oxygens (including phenoxy) is 2. The molecule has 5 nitrogen and oxygen atoms in total. The van der Waals surface area contributed by atoms with Gasteiger partial charge >= 0.3 is 0 Å². The summed E-state index contributed by atoms with van der Waals surface area (Å²) < 4.78 is 11.4. The number of hydrogen-bond acceptors (Lipinski definition) is 5. The van der Waals surface area contributed by atoms with Gasteiger partial charge in [0.05, 0.1) is 7.11 Å². The Morgan fingerprint density at radius 2 is 1.73 bits per heavy atom. The van der Waals surface area contributed by atoms with Crippen LogP contribution in [-0.4, -0.2) is 56.0 Å². The number of aryl methyl sites for hydroxylation is 1. The van der Waals surface area contributed by atoms with Crippen LogP contribution < -0.4 is 14.8 Å². The molecule has 0 aliphatic carbocycles. The number of aliphatic hydroxyl groups is 1. The second-order valence-electron chi connectivity index (χ2n) is 8.22. The van der Waals surface area contributed by atoms with E-state index in [2.05, 4.69) is 47.5 Å². The second-order valence-corrected chi connectivity index (χ2v) is 8.22. The van der Waals surface area contributed by atoms with Crippen molar-refractivity contribution in [3.63, 3.8) is 0 Å². The Morgan fingerprint density at radius 3 is 2.47 bits per heavy atom. The smallest absolute Gasteiger partial charge is 0.161 e. The molecule has 1 aliphatic rings. The van der Waals surface area contributed by atoms with Crippen LogP contribution in [0.4, 0.5) is 0 Å². The number of β-amino-alcohol motifs (C(OH)–C–C–N with tert-alkyl or cyclic N) is 1. The van der Waals surface area contributed by atoms with Crippen LogP contribution in [0.15, 0.2) is 42.5 Å². The summed E-state index contributed by atoms with van der Waals surface area (Å²) in [5.74, 6) is 1.39. The van der Waals surface area contributed by atoms with Crippen LogP contribution >= 0.6 is 0 Å². The molecule has 1 atom stereocenters. The molecule has 3 rings (SSSR count). The van der Waals surface area contributed by atoms with Gasteiger partial charge in [0.1, 0.15) is 12.7 Å². The van der Waals surface area contributed by atoms with Crippen LogP contribution in [0.2, 0.25) is 0 Å². The molecule has 0 saturated carbocycles. The number of aliphatic hydroxyl groups excluding tert-OH is 1.